The summed E-state index contributed by atoms with van der Waals surface area (Å²) in [5, 5.41) is 9.28. The third-order valence-electron chi connectivity index (χ3n) is 5.06. The minimum atomic E-state index is -0.286. The second kappa shape index (κ2) is 11.3. The van der Waals surface area contributed by atoms with Crippen LogP contribution < -0.4 is 4.74 Å². The van der Waals surface area contributed by atoms with Crippen LogP contribution in [0.4, 0.5) is 4.39 Å². The van der Waals surface area contributed by atoms with E-state index in [-0.39, 0.29) is 11.9 Å². The fourth-order valence-corrected chi connectivity index (χ4v) is 3.34. The van der Waals surface area contributed by atoms with Gasteiger partial charge in [-0.05, 0) is 66.6 Å². The Morgan fingerprint density at radius 1 is 0.935 bits per heavy atom. The number of hydrogen-bond donors (Lipinski definition) is 1. The molecule has 3 aromatic rings. The molecule has 1 atom stereocenters. The first-order chi connectivity index (χ1) is 15.1. The molecule has 0 aliphatic rings. The molecule has 0 radical (unpaired) electrons. The van der Waals surface area contributed by atoms with Gasteiger partial charge >= 0.3 is 0 Å². The van der Waals surface area contributed by atoms with Crippen molar-refractivity contribution in [3.63, 3.8) is 0 Å². The van der Waals surface area contributed by atoms with Gasteiger partial charge in [0.25, 0.3) is 0 Å². The van der Waals surface area contributed by atoms with Crippen LogP contribution in [0.3, 0.4) is 0 Å². The van der Waals surface area contributed by atoms with Crippen molar-refractivity contribution in [3.05, 3.63) is 96.8 Å². The Morgan fingerprint density at radius 3 is 2.10 bits per heavy atom. The van der Waals surface area contributed by atoms with Crippen molar-refractivity contribution in [2.45, 2.75) is 32.3 Å². The molecular weight excluding hydrogens is 387 g/mol. The van der Waals surface area contributed by atoms with E-state index in [0.29, 0.717) is 12.2 Å². The first-order valence-electron chi connectivity index (χ1n) is 10.7. The van der Waals surface area contributed by atoms with Gasteiger partial charge in [0.05, 0.1) is 6.10 Å². The first kappa shape index (κ1) is 22.5. The molecule has 0 amide bonds. The quantitative estimate of drug-likeness (QED) is 0.278. The highest BCUT2D eigenvalue weighted by molar-refractivity contribution is 5.71. The number of aliphatic hydroxyl groups is 1. The highest BCUT2D eigenvalue weighted by atomic mass is 19.1. The molecule has 0 saturated carbocycles. The van der Waals surface area contributed by atoms with Crippen LogP contribution in [-0.4, -0.2) is 17.8 Å². The van der Waals surface area contributed by atoms with Gasteiger partial charge in [0.2, 0.25) is 0 Å². The topological polar surface area (TPSA) is 29.5 Å². The lowest BCUT2D eigenvalue weighted by Gasteiger charge is -2.08. The van der Waals surface area contributed by atoms with Crippen molar-refractivity contribution in [3.8, 4) is 28.0 Å². The number of ether oxygens (including phenoxy) is 1. The number of hydrogen-bond acceptors (Lipinski definition) is 2. The van der Waals surface area contributed by atoms with Crippen molar-refractivity contribution >= 4 is 6.08 Å². The van der Waals surface area contributed by atoms with Gasteiger partial charge in [-0.25, -0.2) is 4.39 Å². The molecular formula is C28H29FO2. The maximum Gasteiger partial charge on any atom is 0.131 e. The average Bonchev–Trinajstić information content (AvgIpc) is 2.78. The fourth-order valence-electron chi connectivity index (χ4n) is 3.34. The molecule has 0 spiro atoms. The Hall–Kier alpha value is -3.17. The summed E-state index contributed by atoms with van der Waals surface area (Å²) in [7, 11) is 0. The van der Waals surface area contributed by atoms with Crippen molar-refractivity contribution in [1.29, 1.82) is 0 Å². The normalized spacial score (nSPS) is 12.1. The molecule has 3 heteroatoms. The van der Waals surface area contributed by atoms with E-state index in [9.17, 15) is 9.50 Å². The predicted octanol–water partition coefficient (Wildman–Crippen LogP) is 7.29. The smallest absolute Gasteiger partial charge is 0.131 e. The summed E-state index contributed by atoms with van der Waals surface area (Å²) in [5.74, 6) is 0.580. The molecule has 1 N–H and O–H groups in total. The zero-order valence-electron chi connectivity index (χ0n) is 17.9. The van der Waals surface area contributed by atoms with Gasteiger partial charge in [-0.2, -0.15) is 0 Å². The van der Waals surface area contributed by atoms with E-state index >= 15 is 0 Å². The molecule has 0 aromatic heterocycles. The monoisotopic (exact) mass is 416 g/mol. The van der Waals surface area contributed by atoms with E-state index in [1.54, 1.807) is 19.1 Å². The van der Waals surface area contributed by atoms with Gasteiger partial charge in [0, 0.05) is 5.56 Å². The molecule has 0 fully saturated rings. The van der Waals surface area contributed by atoms with Gasteiger partial charge < -0.3 is 9.84 Å². The van der Waals surface area contributed by atoms with E-state index in [4.69, 9.17) is 4.74 Å². The molecule has 0 aliphatic heterocycles. The number of aliphatic hydroxyl groups excluding tert-OH is 1. The summed E-state index contributed by atoms with van der Waals surface area (Å²) in [6.07, 6.45) is 7.69. The standard InChI is InChI=1S/C28H29FO2/c1-3-19-31-27-17-15-23(16-18-27)22-9-11-24(12-10-22)26-14-13-25(28(29)20-26)8-6-4-5-7-21(2)30/h3,6,8-18,20-21,30H,1,4-5,7,19H2,2H3/b8-6+. The van der Waals surface area contributed by atoms with E-state index < -0.39 is 0 Å². The summed E-state index contributed by atoms with van der Waals surface area (Å²) in [4.78, 5) is 0. The number of unbranched alkanes of at least 4 members (excludes halogenated alkanes) is 1. The SMILES string of the molecule is C=CCOc1ccc(-c2ccc(-c3ccc(/C=C/CCCC(C)O)c(F)c3)cc2)cc1. The largest absolute Gasteiger partial charge is 0.490 e. The van der Waals surface area contributed by atoms with Gasteiger partial charge in [-0.3, -0.25) is 0 Å². The highest BCUT2D eigenvalue weighted by Gasteiger charge is 2.05. The first-order valence-corrected chi connectivity index (χ1v) is 10.7. The fraction of sp³-hybridized carbons (Fsp3) is 0.214. The van der Waals surface area contributed by atoms with E-state index in [1.165, 1.54) is 0 Å². The lowest BCUT2D eigenvalue weighted by atomic mass is 9.99. The second-order valence-corrected chi connectivity index (χ2v) is 7.62. The van der Waals surface area contributed by atoms with Crippen LogP contribution >= 0.6 is 0 Å². The Morgan fingerprint density at radius 2 is 1.52 bits per heavy atom. The van der Waals surface area contributed by atoms with Crippen molar-refractivity contribution in [2.75, 3.05) is 6.61 Å². The molecule has 0 saturated heterocycles. The average molecular weight is 417 g/mol. The molecule has 3 aromatic carbocycles. The molecule has 0 heterocycles. The number of halogens is 1. The van der Waals surface area contributed by atoms with Crippen LogP contribution in [0.1, 0.15) is 31.7 Å². The van der Waals surface area contributed by atoms with Gasteiger partial charge in [-0.1, -0.05) is 73.3 Å². The second-order valence-electron chi connectivity index (χ2n) is 7.62. The third kappa shape index (κ3) is 6.66. The Labute approximate surface area is 184 Å². The zero-order valence-corrected chi connectivity index (χ0v) is 17.9. The maximum absolute atomic E-state index is 14.5. The van der Waals surface area contributed by atoms with Crippen LogP contribution in [0, 0.1) is 5.82 Å². The summed E-state index contributed by atoms with van der Waals surface area (Å²) >= 11 is 0. The van der Waals surface area contributed by atoms with Crippen LogP contribution in [0.15, 0.2) is 85.5 Å². The van der Waals surface area contributed by atoms with E-state index in [1.807, 2.05) is 72.8 Å². The molecule has 31 heavy (non-hydrogen) atoms. The van der Waals surface area contributed by atoms with Crippen molar-refractivity contribution in [2.24, 2.45) is 0 Å². The van der Waals surface area contributed by atoms with Crippen LogP contribution in [-0.2, 0) is 0 Å². The summed E-state index contributed by atoms with van der Waals surface area (Å²) in [6.45, 7) is 5.92. The van der Waals surface area contributed by atoms with Crippen LogP contribution in [0.2, 0.25) is 0 Å². The Kier molecular flexibility index (Phi) is 8.19. The van der Waals surface area contributed by atoms with Crippen molar-refractivity contribution < 1.29 is 14.2 Å². The molecule has 160 valence electrons. The number of benzene rings is 3. The van der Waals surface area contributed by atoms with Crippen LogP contribution in [0.25, 0.3) is 28.3 Å². The Balaban J connectivity index is 1.66. The lowest BCUT2D eigenvalue weighted by Crippen LogP contribution is -1.97. The lowest BCUT2D eigenvalue weighted by molar-refractivity contribution is 0.182. The Bertz CT molecular complexity index is 1000. The summed E-state index contributed by atoms with van der Waals surface area (Å²) in [6, 6.07) is 21.4. The molecule has 0 aliphatic carbocycles. The van der Waals surface area contributed by atoms with Gasteiger partial charge in [0.1, 0.15) is 18.2 Å². The maximum atomic E-state index is 14.5. The third-order valence-corrected chi connectivity index (χ3v) is 5.06. The van der Waals surface area contributed by atoms with Crippen molar-refractivity contribution in [1.82, 2.24) is 0 Å². The van der Waals surface area contributed by atoms with Crippen LogP contribution in [0.5, 0.6) is 5.75 Å². The summed E-state index contributed by atoms with van der Waals surface area (Å²) in [5.41, 5.74) is 4.59. The van der Waals surface area contributed by atoms with E-state index in [2.05, 4.69) is 6.58 Å². The summed E-state index contributed by atoms with van der Waals surface area (Å²) < 4.78 is 20.1. The van der Waals surface area contributed by atoms with E-state index in [0.717, 1.165) is 47.3 Å². The molecule has 0 bridgehead atoms. The molecule has 1 unspecified atom stereocenters. The number of rotatable bonds is 10. The minimum absolute atomic E-state index is 0.233. The minimum Gasteiger partial charge on any atom is -0.490 e. The highest BCUT2D eigenvalue weighted by Crippen LogP contribution is 2.27. The molecule has 3 rings (SSSR count). The van der Waals surface area contributed by atoms with Gasteiger partial charge in [0.15, 0.2) is 0 Å². The predicted molar refractivity (Wildman–Crippen MR) is 128 cm³/mol. The van der Waals surface area contributed by atoms with Gasteiger partial charge in [-0.15, -0.1) is 0 Å². The number of allylic oxidation sites excluding steroid dienone is 1. The molecule has 2 nitrogen and oxygen atoms in total. The zero-order chi connectivity index (χ0) is 22.1.